The van der Waals surface area contributed by atoms with Gasteiger partial charge in [-0.2, -0.15) is 13.2 Å². The molecule has 0 saturated carbocycles. The first kappa shape index (κ1) is 25.4. The summed E-state index contributed by atoms with van der Waals surface area (Å²) in [6.07, 6.45) is -8.52. The largest absolute Gasteiger partial charge is 0.465 e. The van der Waals surface area contributed by atoms with Crippen molar-refractivity contribution in [3.05, 3.63) is 45.2 Å². The van der Waals surface area contributed by atoms with Gasteiger partial charge in [0, 0.05) is 10.6 Å². The average Bonchev–Trinajstić information content (AvgIpc) is 3.21. The number of halogens is 6. The predicted octanol–water partition coefficient (Wildman–Crippen LogP) is 6.70. The lowest BCUT2D eigenvalue weighted by Gasteiger charge is -2.22. The number of esters is 1. The van der Waals surface area contributed by atoms with Crippen LogP contribution >= 0.6 is 23.4 Å². The van der Waals surface area contributed by atoms with Crippen LogP contribution in [-0.2, 0) is 23.1 Å². The summed E-state index contributed by atoms with van der Waals surface area (Å²) in [5.41, 5.74) is -3.13. The second-order valence-electron chi connectivity index (χ2n) is 7.48. The summed E-state index contributed by atoms with van der Waals surface area (Å²) in [6.45, 7) is 3.35. The van der Waals surface area contributed by atoms with Crippen LogP contribution in [0, 0.1) is 5.92 Å². The summed E-state index contributed by atoms with van der Waals surface area (Å²) in [4.78, 5) is 15.1. The molecule has 0 amide bonds. The number of ether oxygens (including phenoxy) is 3. The maximum absolute atomic E-state index is 13.9. The van der Waals surface area contributed by atoms with Gasteiger partial charge < -0.3 is 14.2 Å². The average molecular weight is 512 g/mol. The number of hydrogen-bond acceptors (Lipinski definition) is 6. The van der Waals surface area contributed by atoms with Crippen LogP contribution < -0.4 is 9.47 Å². The minimum Gasteiger partial charge on any atom is -0.465 e. The van der Waals surface area contributed by atoms with Crippen LogP contribution in [-0.4, -0.2) is 24.9 Å². The lowest BCUT2D eigenvalue weighted by Crippen LogP contribution is -2.21. The summed E-state index contributed by atoms with van der Waals surface area (Å²) < 4.78 is 84.2. The molecule has 2 aromatic rings. The molecule has 0 atom stereocenters. The molecule has 1 aliphatic rings. The van der Waals surface area contributed by atoms with Crippen molar-refractivity contribution in [1.82, 2.24) is 4.98 Å². The Morgan fingerprint density at radius 1 is 1.27 bits per heavy atom. The summed E-state index contributed by atoms with van der Waals surface area (Å²) in [5.74, 6) is -0.822. The molecule has 0 aliphatic carbocycles. The number of carbonyl (C=O) groups excluding carboxylic acids is 1. The van der Waals surface area contributed by atoms with Gasteiger partial charge in [-0.1, -0.05) is 31.5 Å². The molecule has 0 N–H and O–H groups in total. The van der Waals surface area contributed by atoms with Crippen molar-refractivity contribution in [2.45, 2.75) is 43.5 Å². The topological polar surface area (TPSA) is 57.7 Å². The molecule has 1 aromatic heterocycles. The smallest absolute Gasteiger partial charge is 0.434 e. The van der Waals surface area contributed by atoms with Crippen LogP contribution in [0.4, 0.5) is 22.0 Å². The highest BCUT2D eigenvalue weighted by atomic mass is 35.5. The Balaban J connectivity index is 2.18. The highest BCUT2D eigenvalue weighted by Crippen LogP contribution is 2.46. The van der Waals surface area contributed by atoms with Gasteiger partial charge in [0.15, 0.2) is 17.2 Å². The molecule has 5 nitrogen and oxygen atoms in total. The Bertz CT molecular complexity index is 1060. The molecule has 0 saturated heterocycles. The summed E-state index contributed by atoms with van der Waals surface area (Å²) in [5, 5.41) is 0.168. The number of methoxy groups -OCH3 is 1. The van der Waals surface area contributed by atoms with E-state index in [1.165, 1.54) is 0 Å². The van der Waals surface area contributed by atoms with Crippen LogP contribution in [0.15, 0.2) is 17.0 Å². The standard InChI is InChI=1S/C21H19ClF5NO4S/c1-9(2)6-11-13(20(29)30-3)15(19(23)24)28-18(21(25,26)27)17(11)33-7-10-4-5-12-16(14(10)22)32-8-31-12/h4-5,9,19H,6-8H2,1-3H3. The number of pyridine rings is 1. The summed E-state index contributed by atoms with van der Waals surface area (Å²) >= 11 is 7.02. The van der Waals surface area contributed by atoms with Crippen molar-refractivity contribution >= 4 is 29.3 Å². The Labute approximate surface area is 195 Å². The zero-order valence-corrected chi connectivity index (χ0v) is 19.3. The first-order valence-electron chi connectivity index (χ1n) is 9.65. The molecule has 2 heterocycles. The monoisotopic (exact) mass is 511 g/mol. The first-order chi connectivity index (χ1) is 15.5. The van der Waals surface area contributed by atoms with Crippen molar-refractivity contribution in [2.75, 3.05) is 13.9 Å². The number of hydrogen-bond donors (Lipinski definition) is 0. The van der Waals surface area contributed by atoms with Crippen LogP contribution in [0.25, 0.3) is 0 Å². The fourth-order valence-electron chi connectivity index (χ4n) is 3.32. The molecule has 33 heavy (non-hydrogen) atoms. The van der Waals surface area contributed by atoms with Crippen LogP contribution in [0.1, 0.15) is 53.1 Å². The van der Waals surface area contributed by atoms with Crippen molar-refractivity contribution in [3.63, 3.8) is 0 Å². The van der Waals surface area contributed by atoms with E-state index < -0.39 is 40.4 Å². The number of nitrogens with zero attached hydrogens (tertiary/aromatic N) is 1. The van der Waals surface area contributed by atoms with Gasteiger partial charge in [0.05, 0.1) is 17.7 Å². The zero-order chi connectivity index (χ0) is 24.5. The highest BCUT2D eigenvalue weighted by molar-refractivity contribution is 7.98. The molecule has 0 bridgehead atoms. The van der Waals surface area contributed by atoms with Crippen LogP contribution in [0.2, 0.25) is 5.02 Å². The predicted molar refractivity (Wildman–Crippen MR) is 111 cm³/mol. The molecule has 0 radical (unpaired) electrons. The van der Waals surface area contributed by atoms with Gasteiger partial charge >= 0.3 is 12.1 Å². The van der Waals surface area contributed by atoms with Crippen molar-refractivity contribution < 1.29 is 41.0 Å². The number of aromatic nitrogens is 1. The van der Waals surface area contributed by atoms with E-state index in [-0.39, 0.29) is 41.2 Å². The Morgan fingerprint density at radius 3 is 2.55 bits per heavy atom. The van der Waals surface area contributed by atoms with Gasteiger partial charge in [-0.15, -0.1) is 11.8 Å². The normalized spacial score (nSPS) is 13.2. The van der Waals surface area contributed by atoms with E-state index in [9.17, 15) is 26.7 Å². The quantitative estimate of drug-likeness (QED) is 0.234. The van der Waals surface area contributed by atoms with E-state index in [0.29, 0.717) is 23.1 Å². The number of carbonyl (C=O) groups is 1. The summed E-state index contributed by atoms with van der Waals surface area (Å²) in [7, 11) is 0.966. The third-order valence-corrected chi connectivity index (χ3v) is 6.29. The molecule has 1 aliphatic heterocycles. The van der Waals surface area contributed by atoms with Crippen molar-refractivity contribution in [3.8, 4) is 11.5 Å². The molecule has 1 aromatic carbocycles. The molecule has 12 heteroatoms. The maximum Gasteiger partial charge on any atom is 0.434 e. The maximum atomic E-state index is 13.9. The lowest BCUT2D eigenvalue weighted by molar-refractivity contribution is -0.143. The van der Waals surface area contributed by atoms with Gasteiger partial charge in [-0.25, -0.2) is 18.6 Å². The van der Waals surface area contributed by atoms with E-state index in [1.54, 1.807) is 26.0 Å². The van der Waals surface area contributed by atoms with Gasteiger partial charge in [0.2, 0.25) is 6.79 Å². The number of fused-ring (bicyclic) bond motifs is 1. The van der Waals surface area contributed by atoms with E-state index in [1.807, 2.05) is 0 Å². The van der Waals surface area contributed by atoms with Crippen LogP contribution in [0.5, 0.6) is 11.5 Å². The van der Waals surface area contributed by atoms with Gasteiger partial charge in [-0.05, 0) is 29.5 Å². The van der Waals surface area contributed by atoms with Crippen molar-refractivity contribution in [1.29, 1.82) is 0 Å². The number of thioether (sulfide) groups is 1. The molecule has 0 unspecified atom stereocenters. The highest BCUT2D eigenvalue weighted by Gasteiger charge is 2.41. The minimum atomic E-state index is -5.04. The third-order valence-electron chi connectivity index (χ3n) is 4.69. The Morgan fingerprint density at radius 2 is 1.97 bits per heavy atom. The minimum absolute atomic E-state index is 0.0378. The lowest BCUT2D eigenvalue weighted by atomic mass is 9.96. The fraction of sp³-hybridized carbons (Fsp3) is 0.429. The van der Waals surface area contributed by atoms with E-state index >= 15 is 0 Å². The molecule has 180 valence electrons. The van der Waals surface area contributed by atoms with E-state index in [4.69, 9.17) is 21.1 Å². The fourth-order valence-corrected chi connectivity index (χ4v) is 4.87. The number of benzene rings is 1. The first-order valence-corrected chi connectivity index (χ1v) is 11.0. The molecular formula is C21H19ClF5NO4S. The third kappa shape index (κ3) is 5.29. The van der Waals surface area contributed by atoms with Gasteiger partial charge in [0.1, 0.15) is 5.69 Å². The second-order valence-corrected chi connectivity index (χ2v) is 8.84. The molecule has 0 spiro atoms. The zero-order valence-electron chi connectivity index (χ0n) is 17.7. The Hall–Kier alpha value is -2.27. The van der Waals surface area contributed by atoms with E-state index in [2.05, 4.69) is 9.72 Å². The summed E-state index contributed by atoms with van der Waals surface area (Å²) in [6, 6.07) is 3.14. The van der Waals surface area contributed by atoms with Gasteiger partial charge in [0.25, 0.3) is 6.43 Å². The van der Waals surface area contributed by atoms with Gasteiger partial charge in [-0.3, -0.25) is 0 Å². The van der Waals surface area contributed by atoms with Crippen molar-refractivity contribution in [2.24, 2.45) is 5.92 Å². The van der Waals surface area contributed by atoms with E-state index in [0.717, 1.165) is 7.11 Å². The molecule has 3 rings (SSSR count). The number of alkyl halides is 5. The van der Waals surface area contributed by atoms with Crippen LogP contribution in [0.3, 0.4) is 0 Å². The number of rotatable bonds is 7. The molecule has 0 fully saturated rings. The Kier molecular flexibility index (Phi) is 7.62. The molecular weight excluding hydrogens is 493 g/mol. The SMILES string of the molecule is COC(=O)c1c(C(F)F)nc(C(F)(F)F)c(SCc2ccc3c(c2Cl)OCO3)c1CC(C)C. The second kappa shape index (κ2) is 9.92.